The van der Waals surface area contributed by atoms with Gasteiger partial charge in [-0.1, -0.05) is 42.0 Å². The van der Waals surface area contributed by atoms with Gasteiger partial charge in [0.1, 0.15) is 18.5 Å². The lowest BCUT2D eigenvalue weighted by Gasteiger charge is -2.19. The van der Waals surface area contributed by atoms with Crippen molar-refractivity contribution in [2.24, 2.45) is 11.8 Å². The summed E-state index contributed by atoms with van der Waals surface area (Å²) < 4.78 is 5.54. The topological polar surface area (TPSA) is 152 Å². The van der Waals surface area contributed by atoms with Crippen LogP contribution in [0.1, 0.15) is 38.5 Å². The van der Waals surface area contributed by atoms with E-state index in [9.17, 15) is 20.1 Å². The van der Waals surface area contributed by atoms with Gasteiger partial charge in [-0.15, -0.1) is 0 Å². The minimum absolute atomic E-state index is 0.0397. The first-order valence-corrected chi connectivity index (χ1v) is 12.5. The molecule has 0 unspecified atom stereocenters. The van der Waals surface area contributed by atoms with E-state index in [1.165, 1.54) is 0 Å². The first-order chi connectivity index (χ1) is 17.3. The van der Waals surface area contributed by atoms with Gasteiger partial charge in [-0.2, -0.15) is 0 Å². The molecule has 1 aliphatic carbocycles. The van der Waals surface area contributed by atoms with Gasteiger partial charge in [-0.25, -0.2) is 0 Å². The smallest absolute Gasteiger partial charge is 0.220 e. The maximum Gasteiger partial charge on any atom is 0.220 e. The molecule has 1 fully saturated rings. The van der Waals surface area contributed by atoms with Crippen LogP contribution in [0.25, 0.3) is 0 Å². The van der Waals surface area contributed by atoms with Gasteiger partial charge in [0.15, 0.2) is 0 Å². The number of aliphatic hydroxyl groups is 3. The Bertz CT molecular complexity index is 838. The molecule has 1 aliphatic rings. The van der Waals surface area contributed by atoms with Gasteiger partial charge in [-0.3, -0.25) is 20.0 Å². The van der Waals surface area contributed by atoms with Crippen molar-refractivity contribution in [2.75, 3.05) is 19.8 Å². The van der Waals surface area contributed by atoms with Crippen LogP contribution in [0.15, 0.2) is 48.6 Å². The van der Waals surface area contributed by atoms with E-state index in [-0.39, 0.29) is 42.8 Å². The van der Waals surface area contributed by atoms with Crippen LogP contribution in [0.2, 0.25) is 5.02 Å². The van der Waals surface area contributed by atoms with Crippen molar-refractivity contribution in [1.82, 2.24) is 10.7 Å². The largest absolute Gasteiger partial charge is 0.491 e. The third-order valence-corrected chi connectivity index (χ3v) is 6.12. The minimum atomic E-state index is -0.872. The molecular formula is C25H37ClN2O8. The maximum absolute atomic E-state index is 11.8. The second-order valence-electron chi connectivity index (χ2n) is 8.72. The van der Waals surface area contributed by atoms with E-state index in [1.54, 1.807) is 36.4 Å². The van der Waals surface area contributed by atoms with E-state index in [0.29, 0.717) is 49.4 Å². The quantitative estimate of drug-likeness (QED) is 0.108. The number of carbonyl (C=O) groups is 1. The van der Waals surface area contributed by atoms with Crippen molar-refractivity contribution >= 4 is 17.5 Å². The number of rotatable bonds is 16. The molecule has 1 aromatic rings. The van der Waals surface area contributed by atoms with Crippen molar-refractivity contribution in [3.05, 3.63) is 53.6 Å². The normalized spacial score (nSPS) is 23.1. The Balaban J connectivity index is 1.68. The van der Waals surface area contributed by atoms with Crippen molar-refractivity contribution in [1.29, 1.82) is 0 Å². The zero-order valence-electron chi connectivity index (χ0n) is 20.2. The highest BCUT2D eigenvalue weighted by Crippen LogP contribution is 2.36. The Hall–Kier alpha value is -2.02. The summed E-state index contributed by atoms with van der Waals surface area (Å²) in [5.74, 6) is 0.000942. The predicted octanol–water partition coefficient (Wildman–Crippen LogP) is 2.63. The number of benzene rings is 1. The van der Waals surface area contributed by atoms with Crippen molar-refractivity contribution in [3.63, 3.8) is 0 Å². The molecule has 1 saturated carbocycles. The molecular weight excluding hydrogens is 492 g/mol. The van der Waals surface area contributed by atoms with E-state index in [1.807, 2.05) is 12.2 Å². The Morgan fingerprint density at radius 3 is 2.78 bits per heavy atom. The number of ether oxygens (including phenoxy) is 1. The number of nitrogens with one attached hydrogen (secondary N) is 1. The highest BCUT2D eigenvalue weighted by Gasteiger charge is 2.39. The van der Waals surface area contributed by atoms with Gasteiger partial charge < -0.3 is 25.4 Å². The average molecular weight is 529 g/mol. The standard InChI is InChI=1S/C25H37ClN2O8/c26-18-7-5-8-20(15-18)35-17-19(29)11-12-22-21(23(30)16-24(22)31)9-3-1-2-4-10-25(32)27-13-6-14-36-28(33)34/h1,3,5,7-8,11-12,15,19,21-24,29-31,33-34H,2,4,6,9-10,13-14,16-17H2,(H,27,32)/b3-1-,12-11+/t19-,21-,22-,23+,24-/m1/s1. The predicted molar refractivity (Wildman–Crippen MR) is 132 cm³/mol. The first kappa shape index (κ1) is 30.2. The third-order valence-electron chi connectivity index (χ3n) is 5.89. The summed E-state index contributed by atoms with van der Waals surface area (Å²) >= 11 is 5.92. The third kappa shape index (κ3) is 11.8. The van der Waals surface area contributed by atoms with Crippen LogP contribution >= 0.6 is 11.6 Å². The molecule has 6 N–H and O–H groups in total. The monoisotopic (exact) mass is 528 g/mol. The van der Waals surface area contributed by atoms with Gasteiger partial charge >= 0.3 is 0 Å². The summed E-state index contributed by atoms with van der Waals surface area (Å²) in [4.78, 5) is 16.2. The molecule has 1 aromatic carbocycles. The molecule has 0 heterocycles. The van der Waals surface area contributed by atoms with Crippen molar-refractivity contribution in [3.8, 4) is 5.75 Å². The molecule has 1 amide bonds. The molecule has 5 atom stereocenters. The fourth-order valence-corrected chi connectivity index (χ4v) is 4.22. The molecule has 0 radical (unpaired) electrons. The number of hydrogen-bond donors (Lipinski definition) is 6. The maximum atomic E-state index is 11.8. The van der Waals surface area contributed by atoms with E-state index in [4.69, 9.17) is 26.8 Å². The van der Waals surface area contributed by atoms with E-state index in [0.717, 1.165) is 0 Å². The SMILES string of the molecule is O=C(CCC/C=C\C[C@@H]1[C@@H](/C=C/[C@@H](O)COc2cccc(Cl)c2)[C@H](O)C[C@@H]1O)NCCCON(O)O. The number of halogens is 1. The Labute approximate surface area is 216 Å². The molecule has 2 rings (SSSR count). The van der Waals surface area contributed by atoms with Gasteiger partial charge in [0.05, 0.1) is 24.2 Å². The van der Waals surface area contributed by atoms with Gasteiger partial charge in [0.2, 0.25) is 5.91 Å². The molecule has 0 saturated heterocycles. The molecule has 0 spiro atoms. The summed E-state index contributed by atoms with van der Waals surface area (Å²) in [6.07, 6.45) is 8.07. The molecule has 0 bridgehead atoms. The number of allylic oxidation sites excluding steroid dienone is 2. The van der Waals surface area contributed by atoms with E-state index in [2.05, 4.69) is 10.2 Å². The van der Waals surface area contributed by atoms with Gasteiger partial charge in [-0.05, 0) is 49.8 Å². The number of aliphatic hydroxyl groups excluding tert-OH is 3. The summed E-state index contributed by atoms with van der Waals surface area (Å²) in [5, 5.41) is 50.7. The van der Waals surface area contributed by atoms with Crippen LogP contribution in [0.5, 0.6) is 5.75 Å². The van der Waals surface area contributed by atoms with Crippen LogP contribution in [-0.4, -0.2) is 75.1 Å². The van der Waals surface area contributed by atoms with E-state index >= 15 is 0 Å². The Kier molecular flexibility index (Phi) is 14.0. The summed E-state index contributed by atoms with van der Waals surface area (Å²) in [5.41, 5.74) is 0. The second kappa shape index (κ2) is 16.7. The minimum Gasteiger partial charge on any atom is -0.491 e. The molecule has 10 nitrogen and oxygen atoms in total. The van der Waals surface area contributed by atoms with Crippen molar-refractivity contribution < 1.29 is 40.1 Å². The lowest BCUT2D eigenvalue weighted by molar-refractivity contribution is -0.492. The Morgan fingerprint density at radius 1 is 1.22 bits per heavy atom. The van der Waals surface area contributed by atoms with Crippen LogP contribution < -0.4 is 10.1 Å². The molecule has 202 valence electrons. The lowest BCUT2D eigenvalue weighted by Crippen LogP contribution is -2.25. The van der Waals surface area contributed by atoms with Crippen LogP contribution in [0.3, 0.4) is 0 Å². The molecule has 0 aliphatic heterocycles. The fourth-order valence-electron chi connectivity index (χ4n) is 4.04. The Morgan fingerprint density at radius 2 is 2.03 bits per heavy atom. The fraction of sp³-hybridized carbons (Fsp3) is 0.560. The van der Waals surface area contributed by atoms with Gasteiger partial charge in [0.25, 0.3) is 0 Å². The zero-order valence-corrected chi connectivity index (χ0v) is 20.9. The summed E-state index contributed by atoms with van der Waals surface area (Å²) in [6.45, 7) is 0.489. The highest BCUT2D eigenvalue weighted by molar-refractivity contribution is 6.30. The number of nitrogens with zero attached hydrogens (tertiary/aromatic N) is 1. The zero-order chi connectivity index (χ0) is 26.3. The number of unbranched alkanes of at least 4 members (excludes halogenated alkanes) is 1. The van der Waals surface area contributed by atoms with Crippen LogP contribution in [-0.2, 0) is 9.63 Å². The second-order valence-corrected chi connectivity index (χ2v) is 9.16. The number of amides is 1. The average Bonchev–Trinajstić information content (AvgIpc) is 3.10. The van der Waals surface area contributed by atoms with Crippen LogP contribution in [0, 0.1) is 11.8 Å². The summed E-state index contributed by atoms with van der Waals surface area (Å²) in [6, 6.07) is 6.89. The lowest BCUT2D eigenvalue weighted by atomic mass is 9.89. The highest BCUT2D eigenvalue weighted by atomic mass is 35.5. The van der Waals surface area contributed by atoms with E-state index < -0.39 is 18.3 Å². The number of hydrogen-bond acceptors (Lipinski definition) is 9. The molecule has 11 heteroatoms. The van der Waals surface area contributed by atoms with Crippen molar-refractivity contribution in [2.45, 2.75) is 56.8 Å². The molecule has 0 aromatic heterocycles. The van der Waals surface area contributed by atoms with Crippen LogP contribution in [0.4, 0.5) is 0 Å². The summed E-state index contributed by atoms with van der Waals surface area (Å²) in [7, 11) is 0. The number of carbonyl (C=O) groups excluding carboxylic acids is 1. The van der Waals surface area contributed by atoms with Gasteiger partial charge in [0, 0.05) is 30.3 Å². The first-order valence-electron chi connectivity index (χ1n) is 12.1. The molecule has 36 heavy (non-hydrogen) atoms.